The molecule has 0 amide bonds. The van der Waals surface area contributed by atoms with Gasteiger partial charge in [0.05, 0.1) is 6.10 Å². The molecule has 0 aromatic rings. The van der Waals surface area contributed by atoms with Crippen LogP contribution in [0.4, 0.5) is 0 Å². The van der Waals surface area contributed by atoms with Crippen molar-refractivity contribution in [2.24, 2.45) is 34.5 Å². The van der Waals surface area contributed by atoms with Gasteiger partial charge in [0, 0.05) is 6.21 Å². The number of aliphatic hydroxyl groups excluding tert-OH is 1. The summed E-state index contributed by atoms with van der Waals surface area (Å²) in [5.74, 6) is 3.13. The Kier molecular flexibility index (Phi) is 3.35. The second-order valence-electron chi connectivity index (χ2n) is 9.09. The van der Waals surface area contributed by atoms with Gasteiger partial charge in [0.15, 0.2) is 0 Å². The molecule has 0 aromatic heterocycles. The zero-order valence-corrected chi connectivity index (χ0v) is 14.1. The minimum Gasteiger partial charge on any atom is -0.393 e. The van der Waals surface area contributed by atoms with Crippen LogP contribution in [0.5, 0.6) is 0 Å². The molecule has 0 spiro atoms. The molecule has 2 N–H and O–H groups in total. The summed E-state index contributed by atoms with van der Waals surface area (Å²) in [6, 6.07) is 0. The highest BCUT2D eigenvalue weighted by molar-refractivity contribution is 5.76. The maximum absolute atomic E-state index is 10.5. The van der Waals surface area contributed by atoms with E-state index in [1.165, 1.54) is 44.1 Å². The zero-order chi connectivity index (χ0) is 15.5. The van der Waals surface area contributed by atoms with Crippen molar-refractivity contribution < 1.29 is 5.11 Å². The quantitative estimate of drug-likeness (QED) is 0.684. The molecule has 4 rings (SSSR count). The summed E-state index contributed by atoms with van der Waals surface area (Å²) >= 11 is 0. The van der Waals surface area contributed by atoms with Crippen molar-refractivity contribution in [3.63, 3.8) is 0 Å². The SMILES string of the molecule is CC12CCC3C(CCC4C=C(C=N)CCC43C)C1CCC2O. The molecule has 0 heterocycles. The third-order valence-electron chi connectivity index (χ3n) is 8.45. The number of rotatable bonds is 1. The minimum atomic E-state index is -0.0558. The Balaban J connectivity index is 1.65. The van der Waals surface area contributed by atoms with Crippen molar-refractivity contribution in [3.8, 4) is 0 Å². The zero-order valence-electron chi connectivity index (χ0n) is 14.1. The van der Waals surface area contributed by atoms with Crippen molar-refractivity contribution >= 4 is 6.21 Å². The van der Waals surface area contributed by atoms with Crippen LogP contribution in [0.15, 0.2) is 11.6 Å². The fraction of sp³-hybridized carbons (Fsp3) is 0.850. The molecule has 7 atom stereocenters. The first-order valence-corrected chi connectivity index (χ1v) is 9.38. The van der Waals surface area contributed by atoms with Gasteiger partial charge < -0.3 is 10.5 Å². The lowest BCUT2D eigenvalue weighted by Gasteiger charge is -2.59. The molecule has 22 heavy (non-hydrogen) atoms. The van der Waals surface area contributed by atoms with E-state index in [-0.39, 0.29) is 11.5 Å². The van der Waals surface area contributed by atoms with Crippen LogP contribution < -0.4 is 0 Å². The summed E-state index contributed by atoms with van der Waals surface area (Å²) in [5.41, 5.74) is 1.91. The van der Waals surface area contributed by atoms with E-state index in [4.69, 9.17) is 5.41 Å². The molecule has 2 nitrogen and oxygen atoms in total. The van der Waals surface area contributed by atoms with E-state index in [0.29, 0.717) is 11.3 Å². The van der Waals surface area contributed by atoms with Crippen LogP contribution in [0.3, 0.4) is 0 Å². The van der Waals surface area contributed by atoms with Crippen LogP contribution in [0.25, 0.3) is 0 Å². The largest absolute Gasteiger partial charge is 0.393 e. The molecular weight excluding hydrogens is 270 g/mol. The van der Waals surface area contributed by atoms with Gasteiger partial charge >= 0.3 is 0 Å². The van der Waals surface area contributed by atoms with Crippen LogP contribution in [0.1, 0.15) is 65.2 Å². The Morgan fingerprint density at radius 3 is 2.59 bits per heavy atom. The van der Waals surface area contributed by atoms with E-state index < -0.39 is 0 Å². The average Bonchev–Trinajstić information content (AvgIpc) is 2.82. The third-order valence-corrected chi connectivity index (χ3v) is 8.45. The van der Waals surface area contributed by atoms with Gasteiger partial charge in [-0.1, -0.05) is 19.9 Å². The molecule has 0 saturated heterocycles. The lowest BCUT2D eigenvalue weighted by molar-refractivity contribution is -0.104. The second-order valence-corrected chi connectivity index (χ2v) is 9.09. The summed E-state index contributed by atoms with van der Waals surface area (Å²) in [6.45, 7) is 4.91. The van der Waals surface area contributed by atoms with Gasteiger partial charge in [-0.15, -0.1) is 0 Å². The van der Waals surface area contributed by atoms with E-state index in [9.17, 15) is 5.11 Å². The number of hydrogen-bond acceptors (Lipinski definition) is 2. The van der Waals surface area contributed by atoms with E-state index >= 15 is 0 Å². The average molecular weight is 301 g/mol. The van der Waals surface area contributed by atoms with Gasteiger partial charge in [-0.2, -0.15) is 0 Å². The highest BCUT2D eigenvalue weighted by Crippen LogP contribution is 2.65. The summed E-state index contributed by atoms with van der Waals surface area (Å²) in [7, 11) is 0. The summed E-state index contributed by atoms with van der Waals surface area (Å²) in [4.78, 5) is 0. The van der Waals surface area contributed by atoms with Crippen molar-refractivity contribution in [3.05, 3.63) is 11.6 Å². The van der Waals surface area contributed by atoms with E-state index in [0.717, 1.165) is 30.6 Å². The predicted octanol–water partition coefficient (Wildman–Crippen LogP) is 4.58. The Morgan fingerprint density at radius 1 is 1.05 bits per heavy atom. The van der Waals surface area contributed by atoms with Crippen molar-refractivity contribution in [1.29, 1.82) is 5.41 Å². The molecule has 7 unspecified atom stereocenters. The van der Waals surface area contributed by atoms with Crippen LogP contribution in [0.2, 0.25) is 0 Å². The van der Waals surface area contributed by atoms with Gasteiger partial charge in [-0.05, 0) is 91.4 Å². The highest BCUT2D eigenvalue weighted by atomic mass is 16.3. The molecule has 122 valence electrons. The predicted molar refractivity (Wildman–Crippen MR) is 90.0 cm³/mol. The van der Waals surface area contributed by atoms with Crippen molar-refractivity contribution in [2.45, 2.75) is 71.3 Å². The first-order chi connectivity index (χ1) is 10.5. The lowest BCUT2D eigenvalue weighted by Crippen LogP contribution is -2.52. The smallest absolute Gasteiger partial charge is 0.0596 e. The lowest BCUT2D eigenvalue weighted by atomic mass is 9.46. The first-order valence-electron chi connectivity index (χ1n) is 9.38. The van der Waals surface area contributed by atoms with Gasteiger partial charge in [0.1, 0.15) is 0 Å². The summed E-state index contributed by atoms with van der Waals surface area (Å²) in [5, 5.41) is 18.1. The van der Waals surface area contributed by atoms with Crippen LogP contribution in [-0.2, 0) is 0 Å². The Labute approximate surface area is 134 Å². The molecule has 0 radical (unpaired) electrons. The van der Waals surface area contributed by atoms with Gasteiger partial charge in [0.25, 0.3) is 0 Å². The molecule has 4 aliphatic carbocycles. The van der Waals surface area contributed by atoms with Crippen molar-refractivity contribution in [2.75, 3.05) is 0 Å². The molecular formula is C20H31NO. The standard InChI is InChI=1S/C20H31NO/c1-19-9-7-13(12-21)11-14(19)3-4-15-16-5-6-18(22)20(16,2)10-8-17(15)19/h11-12,14-18,21-22H,3-10H2,1-2H3. The van der Waals surface area contributed by atoms with Crippen LogP contribution >= 0.6 is 0 Å². The first kappa shape index (κ1) is 14.9. The molecule has 2 heteroatoms. The summed E-state index contributed by atoms with van der Waals surface area (Å²) < 4.78 is 0. The highest BCUT2D eigenvalue weighted by Gasteiger charge is 2.59. The number of fused-ring (bicyclic) bond motifs is 5. The minimum absolute atomic E-state index is 0.0558. The fourth-order valence-corrected chi connectivity index (χ4v) is 6.98. The molecule has 0 bridgehead atoms. The maximum atomic E-state index is 10.5. The number of nitrogens with one attached hydrogen (secondary N) is 1. The number of aliphatic hydroxyl groups is 1. The molecule has 3 saturated carbocycles. The van der Waals surface area contributed by atoms with Gasteiger partial charge in [0.2, 0.25) is 0 Å². The second kappa shape index (κ2) is 4.93. The van der Waals surface area contributed by atoms with Crippen molar-refractivity contribution in [1.82, 2.24) is 0 Å². The van der Waals surface area contributed by atoms with Crippen LogP contribution in [-0.4, -0.2) is 17.4 Å². The Hall–Kier alpha value is -0.630. The molecule has 3 fully saturated rings. The Morgan fingerprint density at radius 2 is 1.82 bits per heavy atom. The topological polar surface area (TPSA) is 44.1 Å². The number of hydrogen-bond donors (Lipinski definition) is 2. The van der Waals surface area contributed by atoms with E-state index in [1.54, 1.807) is 6.21 Å². The molecule has 4 aliphatic rings. The summed E-state index contributed by atoms with van der Waals surface area (Å²) in [6.07, 6.45) is 13.8. The van der Waals surface area contributed by atoms with Gasteiger partial charge in [-0.25, -0.2) is 0 Å². The maximum Gasteiger partial charge on any atom is 0.0596 e. The third kappa shape index (κ3) is 1.85. The fourth-order valence-electron chi connectivity index (χ4n) is 6.98. The van der Waals surface area contributed by atoms with E-state index in [1.807, 2.05) is 0 Å². The van der Waals surface area contributed by atoms with Gasteiger partial charge in [-0.3, -0.25) is 0 Å². The van der Waals surface area contributed by atoms with Crippen LogP contribution in [0, 0.1) is 39.9 Å². The normalized spacial score (nSPS) is 54.0. The number of allylic oxidation sites excluding steroid dienone is 2. The monoisotopic (exact) mass is 301 g/mol. The molecule has 0 aromatic carbocycles. The molecule has 0 aliphatic heterocycles. The van der Waals surface area contributed by atoms with E-state index in [2.05, 4.69) is 19.9 Å². The Bertz CT molecular complexity index is 512.